The summed E-state index contributed by atoms with van der Waals surface area (Å²) >= 11 is 0. The van der Waals surface area contributed by atoms with Crippen molar-refractivity contribution >= 4 is 5.97 Å². The molecular weight excluding hydrogens is 240 g/mol. The lowest BCUT2D eigenvalue weighted by Gasteiger charge is -2.24. The van der Waals surface area contributed by atoms with Crippen LogP contribution in [0.1, 0.15) is 24.9 Å². The van der Waals surface area contributed by atoms with E-state index in [0.717, 1.165) is 6.07 Å². The third-order valence-electron chi connectivity index (χ3n) is 3.53. The Bertz CT molecular complexity index is 464. The van der Waals surface area contributed by atoms with Crippen LogP contribution in [-0.2, 0) is 4.79 Å². The Hall–Kier alpha value is -1.49. The standard InChI is InChI=1S/C13H15F2NO2/c1-8(11-3-2-10(14)6-12(11)15)16-5-4-9(7-16)13(17)18/h2-3,6,8-9H,4-5,7H2,1H3,(H,17,18)/t8-,9-/m1/s1. The number of nitrogens with zero attached hydrogens (tertiary/aromatic N) is 1. The Kier molecular flexibility index (Phi) is 3.61. The fraction of sp³-hybridized carbons (Fsp3) is 0.462. The minimum Gasteiger partial charge on any atom is -0.481 e. The third-order valence-corrected chi connectivity index (χ3v) is 3.53. The van der Waals surface area contributed by atoms with E-state index in [2.05, 4.69) is 0 Å². The molecule has 5 heteroatoms. The van der Waals surface area contributed by atoms with Gasteiger partial charge in [0.25, 0.3) is 0 Å². The van der Waals surface area contributed by atoms with Gasteiger partial charge in [-0.1, -0.05) is 6.07 Å². The first kappa shape index (κ1) is 13.0. The van der Waals surface area contributed by atoms with Crippen LogP contribution in [0.25, 0.3) is 0 Å². The number of carboxylic acids is 1. The molecule has 0 saturated carbocycles. The van der Waals surface area contributed by atoms with Gasteiger partial charge in [0.2, 0.25) is 0 Å². The maximum Gasteiger partial charge on any atom is 0.307 e. The average Bonchev–Trinajstić information content (AvgIpc) is 2.77. The van der Waals surface area contributed by atoms with Crippen LogP contribution in [0, 0.1) is 17.6 Å². The van der Waals surface area contributed by atoms with E-state index in [-0.39, 0.29) is 6.04 Å². The van der Waals surface area contributed by atoms with Gasteiger partial charge in [0.05, 0.1) is 5.92 Å². The topological polar surface area (TPSA) is 40.5 Å². The molecule has 1 aromatic carbocycles. The number of carboxylic acid groups (broad SMARTS) is 1. The SMILES string of the molecule is C[C@H](c1ccc(F)cc1F)N1CC[C@@H](C(=O)O)C1. The van der Waals surface area contributed by atoms with Crippen LogP contribution in [0.2, 0.25) is 0 Å². The predicted octanol–water partition coefficient (Wildman–Crippen LogP) is 2.43. The van der Waals surface area contributed by atoms with Crippen molar-refractivity contribution in [2.24, 2.45) is 5.92 Å². The lowest BCUT2D eigenvalue weighted by atomic mass is 10.1. The van der Waals surface area contributed by atoms with Crippen molar-refractivity contribution in [1.82, 2.24) is 4.90 Å². The van der Waals surface area contributed by atoms with Crippen LogP contribution in [0.3, 0.4) is 0 Å². The summed E-state index contributed by atoms with van der Waals surface area (Å²) in [5.74, 6) is -2.39. The van der Waals surface area contributed by atoms with Crippen molar-refractivity contribution in [1.29, 1.82) is 0 Å². The number of hydrogen-bond donors (Lipinski definition) is 1. The molecule has 2 atom stereocenters. The average molecular weight is 255 g/mol. The van der Waals surface area contributed by atoms with E-state index in [9.17, 15) is 13.6 Å². The molecule has 1 heterocycles. The second kappa shape index (κ2) is 5.02. The maximum atomic E-state index is 13.6. The van der Waals surface area contributed by atoms with E-state index in [1.54, 1.807) is 6.92 Å². The molecule has 1 N–H and O–H groups in total. The molecule has 0 bridgehead atoms. The molecule has 1 aromatic rings. The van der Waals surface area contributed by atoms with E-state index in [0.29, 0.717) is 25.1 Å². The van der Waals surface area contributed by atoms with Gasteiger partial charge in [-0.3, -0.25) is 9.69 Å². The molecule has 0 spiro atoms. The Labute approximate surface area is 104 Å². The minimum absolute atomic E-state index is 0.241. The van der Waals surface area contributed by atoms with Gasteiger partial charge in [-0.05, 0) is 26.0 Å². The quantitative estimate of drug-likeness (QED) is 0.901. The smallest absolute Gasteiger partial charge is 0.307 e. The zero-order valence-electron chi connectivity index (χ0n) is 10.1. The molecule has 1 fully saturated rings. The molecule has 0 amide bonds. The first-order valence-corrected chi connectivity index (χ1v) is 5.91. The first-order valence-electron chi connectivity index (χ1n) is 5.91. The van der Waals surface area contributed by atoms with Crippen LogP contribution in [0.5, 0.6) is 0 Å². The molecule has 1 aliphatic heterocycles. The van der Waals surface area contributed by atoms with E-state index in [1.807, 2.05) is 4.90 Å². The zero-order chi connectivity index (χ0) is 13.3. The number of carbonyl (C=O) groups is 1. The molecule has 3 nitrogen and oxygen atoms in total. The summed E-state index contributed by atoms with van der Waals surface area (Å²) in [5.41, 5.74) is 0.405. The number of hydrogen-bond acceptors (Lipinski definition) is 2. The second-order valence-electron chi connectivity index (χ2n) is 4.66. The third kappa shape index (κ3) is 2.51. The van der Waals surface area contributed by atoms with E-state index < -0.39 is 23.5 Å². The Balaban J connectivity index is 2.12. The molecule has 1 aliphatic rings. The maximum absolute atomic E-state index is 13.6. The zero-order valence-corrected chi connectivity index (χ0v) is 10.1. The van der Waals surface area contributed by atoms with Gasteiger partial charge in [0.15, 0.2) is 0 Å². The number of benzene rings is 1. The number of aliphatic carboxylic acids is 1. The highest BCUT2D eigenvalue weighted by Gasteiger charge is 2.31. The Morgan fingerprint density at radius 1 is 1.50 bits per heavy atom. The number of halogens is 2. The molecule has 0 aliphatic carbocycles. The minimum atomic E-state index is -0.815. The highest BCUT2D eigenvalue weighted by molar-refractivity contribution is 5.70. The monoisotopic (exact) mass is 255 g/mol. The number of rotatable bonds is 3. The van der Waals surface area contributed by atoms with Gasteiger partial charge in [0.1, 0.15) is 11.6 Å². The fourth-order valence-corrected chi connectivity index (χ4v) is 2.38. The van der Waals surface area contributed by atoms with Crippen molar-refractivity contribution in [3.8, 4) is 0 Å². The summed E-state index contributed by atoms with van der Waals surface area (Å²) in [7, 11) is 0. The predicted molar refractivity (Wildman–Crippen MR) is 62.1 cm³/mol. The largest absolute Gasteiger partial charge is 0.481 e. The summed E-state index contributed by atoms with van der Waals surface area (Å²) in [6, 6.07) is 3.26. The van der Waals surface area contributed by atoms with Crippen molar-refractivity contribution in [2.45, 2.75) is 19.4 Å². The van der Waals surface area contributed by atoms with Crippen molar-refractivity contribution in [2.75, 3.05) is 13.1 Å². The Morgan fingerprint density at radius 2 is 2.22 bits per heavy atom. The van der Waals surface area contributed by atoms with E-state index in [4.69, 9.17) is 5.11 Å². The Morgan fingerprint density at radius 3 is 2.78 bits per heavy atom. The molecule has 1 saturated heterocycles. The van der Waals surface area contributed by atoms with E-state index >= 15 is 0 Å². The van der Waals surface area contributed by atoms with Crippen LogP contribution >= 0.6 is 0 Å². The van der Waals surface area contributed by atoms with Gasteiger partial charge >= 0.3 is 5.97 Å². The van der Waals surface area contributed by atoms with Crippen LogP contribution in [-0.4, -0.2) is 29.1 Å². The molecule has 2 rings (SSSR count). The second-order valence-corrected chi connectivity index (χ2v) is 4.66. The van der Waals surface area contributed by atoms with Gasteiger partial charge in [0, 0.05) is 24.2 Å². The van der Waals surface area contributed by atoms with Gasteiger partial charge in [-0.2, -0.15) is 0 Å². The first-order chi connectivity index (χ1) is 8.49. The molecule has 0 aromatic heterocycles. The van der Waals surface area contributed by atoms with Crippen LogP contribution < -0.4 is 0 Å². The van der Waals surface area contributed by atoms with Crippen molar-refractivity contribution < 1.29 is 18.7 Å². The summed E-state index contributed by atoms with van der Waals surface area (Å²) < 4.78 is 26.5. The van der Waals surface area contributed by atoms with Crippen molar-refractivity contribution in [3.63, 3.8) is 0 Å². The molecular formula is C13H15F2NO2. The summed E-state index contributed by atoms with van der Waals surface area (Å²) in [6.07, 6.45) is 0.572. The van der Waals surface area contributed by atoms with Gasteiger partial charge in [-0.15, -0.1) is 0 Å². The number of likely N-dealkylation sites (tertiary alicyclic amines) is 1. The molecule has 98 valence electrons. The summed E-state index contributed by atoms with van der Waals surface area (Å²) in [4.78, 5) is 12.8. The lowest BCUT2D eigenvalue weighted by molar-refractivity contribution is -0.141. The summed E-state index contributed by atoms with van der Waals surface area (Å²) in [5, 5.41) is 8.92. The highest BCUT2D eigenvalue weighted by atomic mass is 19.1. The van der Waals surface area contributed by atoms with Crippen LogP contribution in [0.15, 0.2) is 18.2 Å². The van der Waals surface area contributed by atoms with E-state index in [1.165, 1.54) is 12.1 Å². The normalized spacial score (nSPS) is 22.1. The molecule has 0 unspecified atom stereocenters. The lowest BCUT2D eigenvalue weighted by Crippen LogP contribution is -2.26. The van der Waals surface area contributed by atoms with Gasteiger partial charge < -0.3 is 5.11 Å². The van der Waals surface area contributed by atoms with Gasteiger partial charge in [-0.25, -0.2) is 8.78 Å². The van der Waals surface area contributed by atoms with Crippen LogP contribution in [0.4, 0.5) is 8.78 Å². The molecule has 18 heavy (non-hydrogen) atoms. The summed E-state index contributed by atoms with van der Waals surface area (Å²) in [6.45, 7) is 2.84. The fourth-order valence-electron chi connectivity index (χ4n) is 2.38. The molecule has 0 radical (unpaired) electrons. The van der Waals surface area contributed by atoms with Crippen molar-refractivity contribution in [3.05, 3.63) is 35.4 Å². The highest BCUT2D eigenvalue weighted by Crippen LogP contribution is 2.29.